The van der Waals surface area contributed by atoms with E-state index in [2.05, 4.69) is 226 Å². The summed E-state index contributed by atoms with van der Waals surface area (Å²) in [5.41, 5.74) is 23.2. The van der Waals surface area contributed by atoms with Gasteiger partial charge in [0.2, 0.25) is 0 Å². The van der Waals surface area contributed by atoms with Gasteiger partial charge in [-0.2, -0.15) is 0 Å². The van der Waals surface area contributed by atoms with Gasteiger partial charge in [-0.15, -0.1) is 0 Å². The van der Waals surface area contributed by atoms with Crippen molar-refractivity contribution in [2.45, 2.75) is 103 Å². The summed E-state index contributed by atoms with van der Waals surface area (Å²) in [4.78, 5) is 0. The summed E-state index contributed by atoms with van der Waals surface area (Å²) in [5.74, 6) is 0.690. The molecule has 8 heteroatoms. The summed E-state index contributed by atoms with van der Waals surface area (Å²) >= 11 is -12.4. The summed E-state index contributed by atoms with van der Waals surface area (Å²) in [5, 5.41) is 0. The van der Waals surface area contributed by atoms with Gasteiger partial charge in [0.05, 0.1) is 0 Å². The fourth-order valence-corrected chi connectivity index (χ4v) is 138. The van der Waals surface area contributed by atoms with Crippen LogP contribution in [-0.4, -0.2) is 13.3 Å². The predicted octanol–water partition coefficient (Wildman–Crippen LogP) is 19.4. The average Bonchev–Trinajstić information content (AvgIpc) is 4.11. The van der Waals surface area contributed by atoms with Gasteiger partial charge >= 0.3 is 437 Å². The molecule has 0 saturated heterocycles. The minimum atomic E-state index is -6.22. The molecule has 0 nitrogen and oxygen atoms in total. The molecule has 70 heavy (non-hydrogen) atoms. The van der Waals surface area contributed by atoms with Crippen LogP contribution in [0, 0.1) is 0 Å². The second-order valence-corrected chi connectivity index (χ2v) is 130. The van der Waals surface area contributed by atoms with E-state index in [1.54, 1.807) is 0 Å². The second-order valence-electron chi connectivity index (χ2n) is 23.4. The van der Waals surface area contributed by atoms with Crippen molar-refractivity contribution in [3.63, 3.8) is 0 Å². The van der Waals surface area contributed by atoms with Gasteiger partial charge in [-0.25, -0.2) is 0 Å². The van der Waals surface area contributed by atoms with E-state index in [1.165, 1.54) is 100 Å². The van der Waals surface area contributed by atoms with Crippen LogP contribution in [0.4, 0.5) is 0 Å². The van der Waals surface area contributed by atoms with Gasteiger partial charge in [0.1, 0.15) is 0 Å². The molecule has 0 bridgehead atoms. The molecule has 6 aromatic carbocycles. The van der Waals surface area contributed by atoms with E-state index >= 15 is 0 Å². The number of halogens is 4. The summed E-state index contributed by atoms with van der Waals surface area (Å²) in [7, 11) is 39.3. The van der Waals surface area contributed by atoms with Crippen LogP contribution in [-0.2, 0) is 28.1 Å². The summed E-state index contributed by atoms with van der Waals surface area (Å²) < 4.78 is 0.805. The maximum atomic E-state index is 9.82. The number of hydrogen-bond acceptors (Lipinski definition) is 0. The Morgan fingerprint density at radius 3 is 0.971 bits per heavy atom. The summed E-state index contributed by atoms with van der Waals surface area (Å²) in [6, 6.07) is 49.5. The number of allylic oxidation sites excluding steroid dienone is 4. The van der Waals surface area contributed by atoms with Crippen molar-refractivity contribution in [3.8, 4) is 22.3 Å². The minimum absolute atomic E-state index is 0.117. The zero-order valence-corrected chi connectivity index (χ0v) is 53.6. The normalized spacial score (nSPS) is 21.8. The molecule has 0 radical (unpaired) electrons. The van der Waals surface area contributed by atoms with E-state index in [0.717, 1.165) is 0 Å². The monoisotopic (exact) mass is 1190 g/mol. The van der Waals surface area contributed by atoms with Gasteiger partial charge in [0.15, 0.2) is 0 Å². The Labute approximate surface area is 431 Å². The Balaban J connectivity index is 1.29. The second kappa shape index (κ2) is 17.1. The van der Waals surface area contributed by atoms with Gasteiger partial charge < -0.3 is 0 Å². The van der Waals surface area contributed by atoms with Crippen molar-refractivity contribution in [2.75, 3.05) is 0 Å². The van der Waals surface area contributed by atoms with Crippen molar-refractivity contribution in [3.05, 3.63) is 211 Å². The third-order valence-corrected chi connectivity index (χ3v) is 131. The number of benzene rings is 6. The van der Waals surface area contributed by atoms with Gasteiger partial charge in [0.25, 0.3) is 0 Å². The van der Waals surface area contributed by atoms with Crippen LogP contribution in [0.5, 0.6) is 0 Å². The van der Waals surface area contributed by atoms with Crippen LogP contribution in [0.1, 0.15) is 137 Å². The molecule has 0 aliphatic heterocycles. The van der Waals surface area contributed by atoms with E-state index in [1.807, 2.05) is 0 Å². The molecule has 0 spiro atoms. The first-order chi connectivity index (χ1) is 33.1. The van der Waals surface area contributed by atoms with Crippen molar-refractivity contribution >= 4 is 71.6 Å². The molecule has 0 fully saturated rings. The first-order valence-electron chi connectivity index (χ1n) is 26.0. The molecular formula is C62H70Cl4Si2Zr2. The van der Waals surface area contributed by atoms with E-state index in [9.17, 15) is 34.1 Å². The third-order valence-electron chi connectivity index (χ3n) is 19.1. The van der Waals surface area contributed by atoms with Gasteiger partial charge in [-0.05, 0) is 0 Å². The molecule has 0 aromatic heterocycles. The molecule has 6 aromatic rings. The van der Waals surface area contributed by atoms with Gasteiger partial charge in [-0.3, -0.25) is 0 Å². The number of hydrogen-bond donors (Lipinski definition) is 0. The zero-order valence-electron chi connectivity index (χ0n) is 42.8. The molecule has 4 atom stereocenters. The van der Waals surface area contributed by atoms with Crippen molar-refractivity contribution < 1.29 is 28.1 Å². The molecule has 0 saturated carbocycles. The van der Waals surface area contributed by atoms with Crippen molar-refractivity contribution in [1.82, 2.24) is 0 Å². The van der Waals surface area contributed by atoms with Gasteiger partial charge in [-0.1, -0.05) is 0 Å². The molecule has 4 aliphatic rings. The van der Waals surface area contributed by atoms with E-state index in [4.69, 9.17) is 0 Å². The maximum absolute atomic E-state index is 9.82. The molecule has 362 valence electrons. The Bertz CT molecular complexity index is 3090. The summed E-state index contributed by atoms with van der Waals surface area (Å²) in [6.07, 6.45) is 9.87. The molecule has 0 N–H and O–H groups in total. The topological polar surface area (TPSA) is 0 Å². The zero-order chi connectivity index (χ0) is 49.9. The fourth-order valence-electron chi connectivity index (χ4n) is 15.9. The molecule has 4 unspecified atom stereocenters. The first-order valence-corrected chi connectivity index (χ1v) is 62.5. The van der Waals surface area contributed by atoms with Gasteiger partial charge in [0, 0.05) is 0 Å². The van der Waals surface area contributed by atoms with Crippen LogP contribution in [0.3, 0.4) is 0 Å². The first kappa shape index (κ1) is 51.1. The van der Waals surface area contributed by atoms with Crippen LogP contribution in [0.25, 0.3) is 46.6 Å². The van der Waals surface area contributed by atoms with Crippen LogP contribution >= 0.6 is 34.1 Å². The van der Waals surface area contributed by atoms with Crippen LogP contribution < -0.4 is 0 Å². The SMILES string of the molecule is C[SiH2][Zr]([Cl])([Cl])([CH2][CH2][Zr]([Cl])([Cl])([SiH2]C)([CH]1C(C)=Cc2c(-c3ccccc3)cccc21)[CH]1C(C)=Cc2c(C(C)C)cccc21)([CH]1C(C)=Cc2c(-c3ccccc3)cccc21)[CH]1C(C)=Cc2c(C(C)C)cccc21. The average molecular weight is 1200 g/mol. The van der Waals surface area contributed by atoms with Crippen molar-refractivity contribution in [2.24, 2.45) is 0 Å². The summed E-state index contributed by atoms with van der Waals surface area (Å²) in [6.45, 7) is 21.0. The van der Waals surface area contributed by atoms with E-state index < -0.39 is 41.4 Å². The number of rotatable bonds is 13. The molecule has 0 amide bonds. The van der Waals surface area contributed by atoms with Crippen LogP contribution in [0.15, 0.2) is 156 Å². The van der Waals surface area contributed by atoms with Crippen LogP contribution in [0.2, 0.25) is 21.4 Å². The molecular weight excluding hydrogens is 1130 g/mol. The predicted molar refractivity (Wildman–Crippen MR) is 312 cm³/mol. The molecule has 4 aliphatic carbocycles. The molecule has 0 heterocycles. The van der Waals surface area contributed by atoms with E-state index in [-0.39, 0.29) is 14.5 Å². The third kappa shape index (κ3) is 7.24. The van der Waals surface area contributed by atoms with Crippen molar-refractivity contribution in [1.29, 1.82) is 0 Å². The Kier molecular flexibility index (Phi) is 12.5. The standard InChI is InChI=1S/2C16H13.2C13H15.C2H4.2CH5Si.4ClH.2Zr/c2*1-12-10-14-8-5-9-15(16(14)11-12)13-6-3-2-4-7-13;2*1-9(2)12-6-4-5-11-7-10(3)8-13(11)12;3*1-2;;;;;;/h2*2-11H,1H3;2*4-9H,1-3H3;1-2H2;2*2H2,1H3;4*1H;;/q;;;;;;;;;;;2*+2/p-4. The Morgan fingerprint density at radius 1 is 0.386 bits per heavy atom. The Hall–Kier alpha value is -2.36. The molecule has 10 rings (SSSR count). The number of fused-ring (bicyclic) bond motifs is 4. The Morgan fingerprint density at radius 2 is 0.671 bits per heavy atom. The fraction of sp³-hybridized carbons (Fsp3) is 0.290. The van der Waals surface area contributed by atoms with E-state index in [0.29, 0.717) is 20.1 Å². The quantitative estimate of drug-likeness (QED) is 0.101.